The predicted octanol–water partition coefficient (Wildman–Crippen LogP) is 18.3. The summed E-state index contributed by atoms with van der Waals surface area (Å²) in [6.45, 7) is 0. The van der Waals surface area contributed by atoms with Gasteiger partial charge < -0.3 is 9.32 Å². The fraction of sp³-hybridized carbons (Fsp3) is 0. The Morgan fingerprint density at radius 1 is 0.273 bits per heavy atom. The molecule has 0 saturated heterocycles. The maximum Gasteiger partial charge on any atom is 0.143 e. The van der Waals surface area contributed by atoms with E-state index >= 15 is 0 Å². The van der Waals surface area contributed by atoms with Crippen molar-refractivity contribution in [1.29, 1.82) is 0 Å². The molecule has 0 aliphatic heterocycles. The lowest BCUT2D eigenvalue weighted by Crippen LogP contribution is -2.10. The molecule has 0 bridgehead atoms. The monoisotopic (exact) mass is 839 g/mol. The summed E-state index contributed by atoms with van der Waals surface area (Å²) in [6.07, 6.45) is 0. The average Bonchev–Trinajstić information content (AvgIpc) is 3.78. The Morgan fingerprint density at radius 2 is 0.788 bits per heavy atom. The smallest absolute Gasteiger partial charge is 0.143 e. The number of nitrogens with zero attached hydrogens (tertiary/aromatic N) is 1. The van der Waals surface area contributed by atoms with Gasteiger partial charge in [0.05, 0.1) is 5.69 Å². The second-order valence-corrected chi connectivity index (χ2v) is 17.2. The van der Waals surface area contributed by atoms with Crippen molar-refractivity contribution in [2.45, 2.75) is 0 Å². The lowest BCUT2D eigenvalue weighted by Gasteiger charge is -2.28. The number of anilines is 3. The van der Waals surface area contributed by atoms with Gasteiger partial charge in [0.25, 0.3) is 0 Å². The summed E-state index contributed by atoms with van der Waals surface area (Å²) in [4.78, 5) is 2.43. The van der Waals surface area contributed by atoms with E-state index in [4.69, 9.17) is 4.42 Å². The molecule has 1 aromatic heterocycles. The van der Waals surface area contributed by atoms with Crippen molar-refractivity contribution in [3.63, 3.8) is 0 Å². The number of rotatable bonds is 7. The Labute approximate surface area is 382 Å². The van der Waals surface area contributed by atoms with Crippen molar-refractivity contribution < 1.29 is 4.42 Å². The lowest BCUT2D eigenvalue weighted by molar-refractivity contribution is 0.670. The molecule has 0 spiro atoms. The summed E-state index contributed by atoms with van der Waals surface area (Å²) in [5.41, 5.74) is 14.4. The van der Waals surface area contributed by atoms with E-state index in [2.05, 4.69) is 248 Å². The maximum atomic E-state index is 6.58. The molecule has 0 fully saturated rings. The Hall–Kier alpha value is -8.72. The van der Waals surface area contributed by atoms with Gasteiger partial charge in [0.1, 0.15) is 11.2 Å². The van der Waals surface area contributed by atoms with E-state index in [0.717, 1.165) is 61.3 Å². The molecule has 0 saturated carbocycles. The molecule has 0 aliphatic carbocycles. The molecule has 66 heavy (non-hydrogen) atoms. The van der Waals surface area contributed by atoms with Gasteiger partial charge in [-0.25, -0.2) is 0 Å². The number of benzene rings is 12. The Balaban J connectivity index is 1.03. The molecule has 0 N–H and O–H groups in total. The van der Waals surface area contributed by atoms with Crippen molar-refractivity contribution in [3.8, 4) is 44.5 Å². The number of furan rings is 1. The highest BCUT2D eigenvalue weighted by atomic mass is 16.3. The highest BCUT2D eigenvalue weighted by Crippen LogP contribution is 2.47. The first-order valence-corrected chi connectivity index (χ1v) is 22.7. The van der Waals surface area contributed by atoms with Gasteiger partial charge in [0.15, 0.2) is 0 Å². The Bertz CT molecular complexity index is 4000. The zero-order chi connectivity index (χ0) is 43.6. The second-order valence-electron chi connectivity index (χ2n) is 17.2. The third-order valence-electron chi connectivity index (χ3n) is 13.4. The molecular formula is C64H41NO. The number of fused-ring (bicyclic) bond motifs is 9. The molecule has 12 aromatic carbocycles. The summed E-state index contributed by atoms with van der Waals surface area (Å²) < 4.78 is 6.58. The van der Waals surface area contributed by atoms with Crippen LogP contribution in [0.5, 0.6) is 0 Å². The van der Waals surface area contributed by atoms with Crippen molar-refractivity contribution in [2.24, 2.45) is 0 Å². The SMILES string of the molecule is c1ccc(-c2c(-c3ccccc3)c3cc(-c4cccc(N(c5cccc(-c6cccc7c6oc6ccccc67)c5)c5cccc6c5ccc5ccccc56)c4)ccc3c3ccccc23)cc1. The number of hydrogen-bond acceptors (Lipinski definition) is 2. The first kappa shape index (κ1) is 37.8. The first-order chi connectivity index (χ1) is 32.7. The highest BCUT2D eigenvalue weighted by molar-refractivity contribution is 6.22. The van der Waals surface area contributed by atoms with Crippen LogP contribution < -0.4 is 4.90 Å². The van der Waals surface area contributed by atoms with Crippen LogP contribution in [-0.4, -0.2) is 0 Å². The molecule has 13 rings (SSSR count). The van der Waals surface area contributed by atoms with Crippen LogP contribution in [0.2, 0.25) is 0 Å². The van der Waals surface area contributed by atoms with Gasteiger partial charge >= 0.3 is 0 Å². The molecule has 2 heteroatoms. The molecule has 0 radical (unpaired) electrons. The van der Waals surface area contributed by atoms with Crippen molar-refractivity contribution in [1.82, 2.24) is 0 Å². The third kappa shape index (κ3) is 6.18. The highest BCUT2D eigenvalue weighted by Gasteiger charge is 2.21. The first-order valence-electron chi connectivity index (χ1n) is 22.7. The van der Waals surface area contributed by atoms with Gasteiger partial charge in [0, 0.05) is 33.1 Å². The minimum absolute atomic E-state index is 0.895. The van der Waals surface area contributed by atoms with Crippen LogP contribution in [0.4, 0.5) is 17.1 Å². The van der Waals surface area contributed by atoms with Crippen LogP contribution in [0.15, 0.2) is 253 Å². The minimum atomic E-state index is 0.895. The summed E-state index contributed by atoms with van der Waals surface area (Å²) in [6, 6.07) is 90.3. The molecule has 13 aromatic rings. The van der Waals surface area contributed by atoms with E-state index in [0.29, 0.717) is 0 Å². The van der Waals surface area contributed by atoms with Gasteiger partial charge in [-0.3, -0.25) is 0 Å². The van der Waals surface area contributed by atoms with Crippen LogP contribution in [0, 0.1) is 0 Å². The van der Waals surface area contributed by atoms with Crippen molar-refractivity contribution in [3.05, 3.63) is 249 Å². The normalized spacial score (nSPS) is 11.6. The minimum Gasteiger partial charge on any atom is -0.455 e. The van der Waals surface area contributed by atoms with Gasteiger partial charge in [0.2, 0.25) is 0 Å². The van der Waals surface area contributed by atoms with E-state index in [1.165, 1.54) is 65.3 Å². The van der Waals surface area contributed by atoms with Crippen LogP contribution in [0.3, 0.4) is 0 Å². The largest absolute Gasteiger partial charge is 0.455 e. The van der Waals surface area contributed by atoms with Gasteiger partial charge in [-0.2, -0.15) is 0 Å². The lowest BCUT2D eigenvalue weighted by atomic mass is 9.84. The topological polar surface area (TPSA) is 16.4 Å². The molecule has 0 aliphatic rings. The van der Waals surface area contributed by atoms with E-state index < -0.39 is 0 Å². The summed E-state index contributed by atoms with van der Waals surface area (Å²) in [5, 5.41) is 12.1. The van der Waals surface area contributed by atoms with Gasteiger partial charge in [-0.05, 0) is 119 Å². The van der Waals surface area contributed by atoms with Crippen molar-refractivity contribution >= 4 is 82.1 Å². The van der Waals surface area contributed by atoms with Crippen LogP contribution in [0.1, 0.15) is 0 Å². The zero-order valence-electron chi connectivity index (χ0n) is 36.0. The van der Waals surface area contributed by atoms with E-state index in [-0.39, 0.29) is 0 Å². The fourth-order valence-corrected chi connectivity index (χ4v) is 10.4. The molecular weight excluding hydrogens is 799 g/mol. The predicted molar refractivity (Wildman–Crippen MR) is 280 cm³/mol. The molecule has 0 unspecified atom stereocenters. The van der Waals surface area contributed by atoms with E-state index in [1.807, 2.05) is 6.07 Å². The molecule has 308 valence electrons. The number of para-hydroxylation sites is 2. The average molecular weight is 840 g/mol. The standard InChI is InChI=1S/C64H41NO/c1-3-18-43(19-4-1)62-57-29-10-9-27-53(57)54-37-36-46(41-59(54)63(62)44-20-5-2-6-21-44)45-22-13-24-48(39-45)65(60-33-16-31-52-50-26-8-7-17-42(50)35-38-55(52)60)49-25-14-23-47(40-49)51-30-15-32-58-56-28-11-12-34-61(56)66-64(51)58/h1-41H. The van der Waals surface area contributed by atoms with E-state index in [1.54, 1.807) is 0 Å². The summed E-state index contributed by atoms with van der Waals surface area (Å²) >= 11 is 0. The quantitative estimate of drug-likeness (QED) is 0.149. The number of hydrogen-bond donors (Lipinski definition) is 0. The molecule has 2 nitrogen and oxygen atoms in total. The Morgan fingerprint density at radius 3 is 1.58 bits per heavy atom. The Kier molecular flexibility index (Phi) is 8.89. The molecule has 0 atom stereocenters. The fourth-order valence-electron chi connectivity index (χ4n) is 10.4. The summed E-state index contributed by atoms with van der Waals surface area (Å²) in [7, 11) is 0. The summed E-state index contributed by atoms with van der Waals surface area (Å²) in [5.74, 6) is 0. The zero-order valence-corrected chi connectivity index (χ0v) is 36.0. The second kappa shape index (κ2) is 15.5. The van der Waals surface area contributed by atoms with E-state index in [9.17, 15) is 0 Å². The van der Waals surface area contributed by atoms with Crippen LogP contribution in [-0.2, 0) is 0 Å². The third-order valence-corrected chi connectivity index (χ3v) is 13.4. The van der Waals surface area contributed by atoms with Crippen LogP contribution in [0.25, 0.3) is 110 Å². The van der Waals surface area contributed by atoms with Crippen molar-refractivity contribution in [2.75, 3.05) is 4.90 Å². The molecule has 0 amide bonds. The van der Waals surface area contributed by atoms with Crippen LogP contribution >= 0.6 is 0 Å². The molecule has 1 heterocycles. The van der Waals surface area contributed by atoms with Gasteiger partial charge in [-0.15, -0.1) is 0 Å². The van der Waals surface area contributed by atoms with Gasteiger partial charge in [-0.1, -0.05) is 206 Å². The maximum absolute atomic E-state index is 6.58.